The van der Waals surface area contributed by atoms with Gasteiger partial charge in [-0.3, -0.25) is 4.79 Å². The third kappa shape index (κ3) is 3.44. The van der Waals surface area contributed by atoms with Gasteiger partial charge in [-0.15, -0.1) is 10.2 Å². The summed E-state index contributed by atoms with van der Waals surface area (Å²) in [5.74, 6) is 4.61. The molecule has 0 unspecified atom stereocenters. The fourth-order valence-corrected chi connectivity index (χ4v) is 7.26. The van der Waals surface area contributed by atoms with Crippen LogP contribution in [0.1, 0.15) is 38.5 Å². The Morgan fingerprint density at radius 3 is 2.03 bits per heavy atom. The van der Waals surface area contributed by atoms with E-state index >= 15 is 0 Å². The van der Waals surface area contributed by atoms with Crippen molar-refractivity contribution >= 4 is 11.7 Å². The number of benzene rings is 1. The van der Waals surface area contributed by atoms with E-state index in [-0.39, 0.29) is 5.41 Å². The predicted octanol–water partition coefficient (Wildman–Crippen LogP) is 4.02. The Hall–Kier alpha value is -2.63. The molecule has 1 amide bonds. The highest BCUT2D eigenvalue weighted by molar-refractivity contribution is 5.83. The zero-order valence-electron chi connectivity index (χ0n) is 18.9. The molecule has 0 radical (unpaired) electrons. The molecule has 5 aliphatic rings. The third-order valence-electron chi connectivity index (χ3n) is 8.42. The molecule has 4 bridgehead atoms. The third-order valence-corrected chi connectivity index (χ3v) is 8.42. The summed E-state index contributed by atoms with van der Waals surface area (Å²) in [6, 6.07) is 11.9. The zero-order valence-corrected chi connectivity index (χ0v) is 18.9. The molecule has 4 aliphatic carbocycles. The SMILES string of the molecule is COc1ccc(-c2ccc(N3CCN(C(=O)C45CC6CC(CC(C6)C4)C5)CC3)nn2)cc1. The molecule has 2 heterocycles. The van der Waals surface area contributed by atoms with Gasteiger partial charge < -0.3 is 14.5 Å². The van der Waals surface area contributed by atoms with E-state index in [1.54, 1.807) is 7.11 Å². The highest BCUT2D eigenvalue weighted by Gasteiger charge is 2.55. The smallest absolute Gasteiger partial charge is 0.228 e. The van der Waals surface area contributed by atoms with E-state index in [4.69, 9.17) is 4.74 Å². The van der Waals surface area contributed by atoms with Crippen molar-refractivity contribution in [3.63, 3.8) is 0 Å². The van der Waals surface area contributed by atoms with Crippen molar-refractivity contribution in [2.24, 2.45) is 23.2 Å². The molecule has 2 aromatic rings. The van der Waals surface area contributed by atoms with Gasteiger partial charge in [-0.25, -0.2) is 0 Å². The van der Waals surface area contributed by atoms with Gasteiger partial charge in [-0.2, -0.15) is 0 Å². The van der Waals surface area contributed by atoms with Crippen molar-refractivity contribution in [2.75, 3.05) is 38.2 Å². The Morgan fingerprint density at radius 1 is 0.875 bits per heavy atom. The molecule has 1 saturated heterocycles. The number of carbonyl (C=O) groups excluding carboxylic acids is 1. The fourth-order valence-electron chi connectivity index (χ4n) is 7.26. The van der Waals surface area contributed by atoms with Gasteiger partial charge in [0.15, 0.2) is 5.82 Å². The lowest BCUT2D eigenvalue weighted by Crippen LogP contribution is -2.58. The van der Waals surface area contributed by atoms with Crippen molar-refractivity contribution in [3.8, 4) is 17.0 Å². The summed E-state index contributed by atoms with van der Waals surface area (Å²) in [6.45, 7) is 3.24. The molecular weight excluding hydrogens is 400 g/mol. The molecule has 0 atom stereocenters. The lowest BCUT2D eigenvalue weighted by molar-refractivity contribution is -0.158. The van der Waals surface area contributed by atoms with Gasteiger partial charge in [-0.1, -0.05) is 0 Å². The molecule has 1 aliphatic heterocycles. The maximum atomic E-state index is 13.6. The molecule has 4 saturated carbocycles. The van der Waals surface area contributed by atoms with E-state index in [1.165, 1.54) is 19.3 Å². The molecule has 168 valence electrons. The van der Waals surface area contributed by atoms with Gasteiger partial charge in [0, 0.05) is 31.7 Å². The highest BCUT2D eigenvalue weighted by Crippen LogP contribution is 2.60. The first kappa shape index (κ1) is 20.0. The molecule has 6 heteroatoms. The molecule has 32 heavy (non-hydrogen) atoms. The number of rotatable bonds is 4. The van der Waals surface area contributed by atoms with E-state index in [0.29, 0.717) is 5.91 Å². The Morgan fingerprint density at radius 2 is 1.50 bits per heavy atom. The van der Waals surface area contributed by atoms with Crippen molar-refractivity contribution in [1.82, 2.24) is 15.1 Å². The summed E-state index contributed by atoms with van der Waals surface area (Å²) in [5.41, 5.74) is 1.85. The van der Waals surface area contributed by atoms with Crippen molar-refractivity contribution < 1.29 is 9.53 Å². The monoisotopic (exact) mass is 432 g/mol. The Kier molecular flexibility index (Phi) is 4.85. The first-order chi connectivity index (χ1) is 15.6. The maximum Gasteiger partial charge on any atom is 0.228 e. The minimum absolute atomic E-state index is 0.0310. The van der Waals surface area contributed by atoms with E-state index < -0.39 is 0 Å². The normalized spacial score (nSPS) is 31.1. The van der Waals surface area contributed by atoms with Crippen LogP contribution in [0.4, 0.5) is 5.82 Å². The van der Waals surface area contributed by atoms with Gasteiger partial charge in [0.25, 0.3) is 0 Å². The number of piperazine rings is 1. The van der Waals surface area contributed by atoms with Crippen LogP contribution >= 0.6 is 0 Å². The summed E-state index contributed by atoms with van der Waals surface area (Å²) in [7, 11) is 1.67. The molecule has 0 N–H and O–H groups in total. The highest BCUT2D eigenvalue weighted by atomic mass is 16.5. The number of hydrogen-bond donors (Lipinski definition) is 0. The van der Waals surface area contributed by atoms with Crippen molar-refractivity contribution in [1.29, 1.82) is 0 Å². The molecule has 6 nitrogen and oxygen atoms in total. The summed E-state index contributed by atoms with van der Waals surface area (Å²) in [6.07, 6.45) is 7.59. The fraction of sp³-hybridized carbons (Fsp3) is 0.577. The number of carbonyl (C=O) groups is 1. The second-order valence-electron chi connectivity index (χ2n) is 10.5. The topological polar surface area (TPSA) is 58.6 Å². The molecular formula is C26H32N4O2. The number of ether oxygens (including phenoxy) is 1. The molecule has 5 fully saturated rings. The molecule has 1 aromatic carbocycles. The standard InChI is InChI=1S/C26H32N4O2/c1-32-22-4-2-21(3-5-22)23-6-7-24(28-27-23)29-8-10-30(11-9-29)25(31)26-15-18-12-19(16-26)14-20(13-18)17-26/h2-7,18-20H,8-17H2,1H3. The second-order valence-corrected chi connectivity index (χ2v) is 10.5. The minimum Gasteiger partial charge on any atom is -0.497 e. The van der Waals surface area contributed by atoms with Crippen LogP contribution in [-0.2, 0) is 4.79 Å². The van der Waals surface area contributed by atoms with Crippen LogP contribution in [0, 0.1) is 23.2 Å². The number of hydrogen-bond acceptors (Lipinski definition) is 5. The summed E-state index contributed by atoms with van der Waals surface area (Å²) in [4.78, 5) is 18.0. The maximum absolute atomic E-state index is 13.6. The summed E-state index contributed by atoms with van der Waals surface area (Å²) < 4.78 is 5.23. The molecule has 1 aromatic heterocycles. The van der Waals surface area contributed by atoms with Gasteiger partial charge in [0.2, 0.25) is 5.91 Å². The number of amides is 1. The first-order valence-corrected chi connectivity index (χ1v) is 12.1. The van der Waals surface area contributed by atoms with Crippen LogP contribution in [-0.4, -0.2) is 54.3 Å². The zero-order chi connectivity index (χ0) is 21.7. The summed E-state index contributed by atoms with van der Waals surface area (Å²) >= 11 is 0. The lowest BCUT2D eigenvalue weighted by Gasteiger charge is -2.57. The quantitative estimate of drug-likeness (QED) is 0.730. The van der Waals surface area contributed by atoms with Gasteiger partial charge in [-0.05, 0) is 92.7 Å². The Balaban J connectivity index is 1.09. The van der Waals surface area contributed by atoms with Gasteiger partial charge in [0.05, 0.1) is 18.2 Å². The Labute approximate surface area is 190 Å². The minimum atomic E-state index is -0.0310. The predicted molar refractivity (Wildman–Crippen MR) is 123 cm³/mol. The molecule has 7 rings (SSSR count). The average molecular weight is 433 g/mol. The number of anilines is 1. The van der Waals surface area contributed by atoms with Crippen LogP contribution in [0.5, 0.6) is 5.75 Å². The van der Waals surface area contributed by atoms with Crippen molar-refractivity contribution in [3.05, 3.63) is 36.4 Å². The lowest BCUT2D eigenvalue weighted by atomic mass is 9.49. The van der Waals surface area contributed by atoms with E-state index in [2.05, 4.69) is 20.0 Å². The number of methoxy groups -OCH3 is 1. The van der Waals surface area contributed by atoms with Gasteiger partial charge >= 0.3 is 0 Å². The van der Waals surface area contributed by atoms with E-state index in [0.717, 1.165) is 86.0 Å². The largest absolute Gasteiger partial charge is 0.497 e. The second kappa shape index (κ2) is 7.75. The average Bonchev–Trinajstić information content (AvgIpc) is 2.83. The number of aromatic nitrogens is 2. The van der Waals surface area contributed by atoms with Crippen LogP contribution < -0.4 is 9.64 Å². The van der Waals surface area contributed by atoms with E-state index in [1.807, 2.05) is 36.4 Å². The van der Waals surface area contributed by atoms with E-state index in [9.17, 15) is 4.79 Å². The van der Waals surface area contributed by atoms with Crippen LogP contribution in [0.3, 0.4) is 0 Å². The van der Waals surface area contributed by atoms with Crippen LogP contribution in [0.25, 0.3) is 11.3 Å². The Bertz CT molecular complexity index is 945. The van der Waals surface area contributed by atoms with Gasteiger partial charge in [0.1, 0.15) is 5.75 Å². The first-order valence-electron chi connectivity index (χ1n) is 12.1. The summed E-state index contributed by atoms with van der Waals surface area (Å²) in [5, 5.41) is 8.93. The molecule has 0 spiro atoms. The van der Waals surface area contributed by atoms with Crippen LogP contribution in [0.2, 0.25) is 0 Å². The van der Waals surface area contributed by atoms with Crippen LogP contribution in [0.15, 0.2) is 36.4 Å². The number of nitrogens with zero attached hydrogens (tertiary/aromatic N) is 4. The van der Waals surface area contributed by atoms with Crippen molar-refractivity contribution in [2.45, 2.75) is 38.5 Å².